The van der Waals surface area contributed by atoms with Crippen LogP contribution in [-0.2, 0) is 4.79 Å². The van der Waals surface area contributed by atoms with Crippen molar-refractivity contribution in [1.29, 1.82) is 0 Å². The van der Waals surface area contributed by atoms with Crippen molar-refractivity contribution in [2.75, 3.05) is 6.54 Å². The van der Waals surface area contributed by atoms with Crippen LogP contribution < -0.4 is 11.1 Å². The van der Waals surface area contributed by atoms with Crippen LogP contribution in [0.2, 0.25) is 0 Å². The molecule has 2 aliphatic carbocycles. The largest absolute Gasteiger partial charge is 0.392 e. The molecular weight excluding hydrogens is 240 g/mol. The third-order valence-corrected chi connectivity index (χ3v) is 5.43. The fraction of sp³-hybridized carbons (Fsp3) is 0.933. The van der Waals surface area contributed by atoms with E-state index in [9.17, 15) is 9.90 Å². The Morgan fingerprint density at radius 3 is 2.42 bits per heavy atom. The van der Waals surface area contributed by atoms with Gasteiger partial charge in [-0.25, -0.2) is 0 Å². The highest BCUT2D eigenvalue weighted by Gasteiger charge is 2.48. The second-order valence-corrected chi connectivity index (χ2v) is 7.13. The van der Waals surface area contributed by atoms with E-state index in [0.29, 0.717) is 19.4 Å². The average Bonchev–Trinajstić information content (AvgIpc) is 2.39. The zero-order valence-electron chi connectivity index (χ0n) is 12.2. The van der Waals surface area contributed by atoms with Gasteiger partial charge < -0.3 is 16.2 Å². The number of carbonyl (C=O) groups excluding carboxylic acids is 1. The van der Waals surface area contributed by atoms with Crippen molar-refractivity contribution in [3.8, 4) is 0 Å². The first-order chi connectivity index (χ1) is 8.89. The highest BCUT2D eigenvalue weighted by atomic mass is 16.3. The predicted octanol–water partition coefficient (Wildman–Crippen LogP) is 1.56. The number of nitrogens with two attached hydrogens (primary N) is 1. The quantitative estimate of drug-likeness (QED) is 0.724. The molecule has 2 rings (SSSR count). The summed E-state index contributed by atoms with van der Waals surface area (Å²) in [7, 11) is 0. The minimum Gasteiger partial charge on any atom is -0.392 e. The van der Waals surface area contributed by atoms with Gasteiger partial charge in [0.25, 0.3) is 0 Å². The maximum atomic E-state index is 12.2. The van der Waals surface area contributed by atoms with Gasteiger partial charge in [0.2, 0.25) is 5.91 Å². The summed E-state index contributed by atoms with van der Waals surface area (Å²) in [4.78, 5) is 12.2. The molecule has 2 aliphatic rings. The van der Waals surface area contributed by atoms with Gasteiger partial charge in [0.15, 0.2) is 0 Å². The number of amides is 1. The molecule has 0 aromatic carbocycles. The van der Waals surface area contributed by atoms with Crippen LogP contribution in [0.1, 0.15) is 58.8 Å². The lowest BCUT2D eigenvalue weighted by Gasteiger charge is -2.49. The van der Waals surface area contributed by atoms with Crippen molar-refractivity contribution in [2.24, 2.45) is 16.6 Å². The molecule has 4 nitrogen and oxygen atoms in total. The zero-order chi connectivity index (χ0) is 14.1. The van der Waals surface area contributed by atoms with Gasteiger partial charge in [0.1, 0.15) is 0 Å². The molecule has 2 atom stereocenters. The Hall–Kier alpha value is -0.610. The van der Waals surface area contributed by atoms with E-state index in [2.05, 4.69) is 5.32 Å². The number of aliphatic hydroxyl groups excluding tert-OH is 1. The van der Waals surface area contributed by atoms with E-state index in [1.54, 1.807) is 0 Å². The van der Waals surface area contributed by atoms with Crippen molar-refractivity contribution >= 4 is 5.91 Å². The van der Waals surface area contributed by atoms with Crippen LogP contribution in [0.25, 0.3) is 0 Å². The first-order valence-corrected chi connectivity index (χ1v) is 7.57. The number of aliphatic hydroxyl groups is 1. The molecule has 2 unspecified atom stereocenters. The molecule has 0 radical (unpaired) electrons. The summed E-state index contributed by atoms with van der Waals surface area (Å²) in [6.07, 6.45) is 6.74. The van der Waals surface area contributed by atoms with Gasteiger partial charge >= 0.3 is 0 Å². The monoisotopic (exact) mass is 268 g/mol. The molecule has 4 N–H and O–H groups in total. The molecule has 1 amide bonds. The lowest BCUT2D eigenvalue weighted by atomic mass is 9.64. The number of hydrogen-bond acceptors (Lipinski definition) is 3. The molecule has 4 heteroatoms. The smallest absolute Gasteiger partial charge is 0.220 e. The van der Waals surface area contributed by atoms with Crippen LogP contribution in [-0.4, -0.2) is 29.7 Å². The fourth-order valence-corrected chi connectivity index (χ4v) is 3.49. The van der Waals surface area contributed by atoms with Gasteiger partial charge in [0.05, 0.1) is 6.10 Å². The lowest BCUT2D eigenvalue weighted by Crippen LogP contribution is -2.61. The fourth-order valence-electron chi connectivity index (χ4n) is 3.49. The van der Waals surface area contributed by atoms with Crippen LogP contribution in [0.4, 0.5) is 0 Å². The Bertz CT molecular complexity index is 335. The van der Waals surface area contributed by atoms with Gasteiger partial charge in [0, 0.05) is 17.9 Å². The molecule has 2 saturated carbocycles. The molecule has 0 aromatic rings. The van der Waals surface area contributed by atoms with Crippen LogP contribution in [0.5, 0.6) is 0 Å². The van der Waals surface area contributed by atoms with Crippen LogP contribution in [0.15, 0.2) is 0 Å². The normalized spacial score (nSPS) is 32.4. The van der Waals surface area contributed by atoms with Gasteiger partial charge in [-0.2, -0.15) is 0 Å². The van der Waals surface area contributed by atoms with Crippen LogP contribution in [0.3, 0.4) is 0 Å². The zero-order valence-corrected chi connectivity index (χ0v) is 12.2. The van der Waals surface area contributed by atoms with E-state index < -0.39 is 0 Å². The van der Waals surface area contributed by atoms with Crippen molar-refractivity contribution in [3.05, 3.63) is 0 Å². The highest BCUT2D eigenvalue weighted by molar-refractivity contribution is 5.77. The number of hydrogen-bond donors (Lipinski definition) is 3. The van der Waals surface area contributed by atoms with Gasteiger partial charge in [-0.1, -0.05) is 33.1 Å². The summed E-state index contributed by atoms with van der Waals surface area (Å²) in [5.74, 6) is 0.109. The third-order valence-electron chi connectivity index (χ3n) is 5.43. The third kappa shape index (κ3) is 2.95. The van der Waals surface area contributed by atoms with Crippen molar-refractivity contribution in [3.63, 3.8) is 0 Å². The maximum Gasteiger partial charge on any atom is 0.220 e. The molecule has 0 aromatic heterocycles. The second-order valence-electron chi connectivity index (χ2n) is 7.13. The Kier molecular flexibility index (Phi) is 4.21. The second kappa shape index (κ2) is 5.41. The van der Waals surface area contributed by atoms with Crippen molar-refractivity contribution < 1.29 is 9.90 Å². The Morgan fingerprint density at radius 2 is 1.95 bits per heavy atom. The minimum absolute atomic E-state index is 0.0227. The number of carbonyl (C=O) groups is 1. The summed E-state index contributed by atoms with van der Waals surface area (Å²) in [5, 5.41) is 12.8. The van der Waals surface area contributed by atoms with Crippen LogP contribution in [0, 0.1) is 10.8 Å². The first kappa shape index (κ1) is 14.8. The van der Waals surface area contributed by atoms with E-state index in [0.717, 1.165) is 12.8 Å². The van der Waals surface area contributed by atoms with Crippen molar-refractivity contribution in [2.45, 2.75) is 70.9 Å². The molecule has 110 valence electrons. The minimum atomic E-state index is -0.295. The summed E-state index contributed by atoms with van der Waals surface area (Å²) in [5.41, 5.74) is 5.75. The van der Waals surface area contributed by atoms with Gasteiger partial charge in [-0.15, -0.1) is 0 Å². The Labute approximate surface area is 116 Å². The molecule has 0 heterocycles. The van der Waals surface area contributed by atoms with Gasteiger partial charge in [-0.3, -0.25) is 4.79 Å². The standard InChI is InChI=1S/C15H28N2O2/c1-14(2)11(8-12(14)18)17-13(19)9-15(10-16)6-4-3-5-7-15/h11-12,18H,3-10,16H2,1-2H3,(H,17,19). The number of rotatable bonds is 4. The van der Waals surface area contributed by atoms with E-state index in [1.165, 1.54) is 19.3 Å². The molecule has 19 heavy (non-hydrogen) atoms. The molecule has 0 aliphatic heterocycles. The van der Waals surface area contributed by atoms with E-state index in [1.807, 2.05) is 13.8 Å². The molecule has 0 saturated heterocycles. The van der Waals surface area contributed by atoms with E-state index in [-0.39, 0.29) is 28.9 Å². The summed E-state index contributed by atoms with van der Waals surface area (Å²) in [6.45, 7) is 4.62. The van der Waals surface area contributed by atoms with Crippen molar-refractivity contribution in [1.82, 2.24) is 5.32 Å². The van der Waals surface area contributed by atoms with Gasteiger partial charge in [-0.05, 0) is 31.2 Å². The molecule has 0 bridgehead atoms. The Morgan fingerprint density at radius 1 is 1.32 bits per heavy atom. The predicted molar refractivity (Wildman–Crippen MR) is 75.5 cm³/mol. The van der Waals surface area contributed by atoms with E-state index >= 15 is 0 Å². The number of nitrogens with one attached hydrogen (secondary N) is 1. The van der Waals surface area contributed by atoms with E-state index in [4.69, 9.17) is 5.73 Å². The molecule has 2 fully saturated rings. The maximum absolute atomic E-state index is 12.2. The SMILES string of the molecule is CC1(C)C(O)CC1NC(=O)CC1(CN)CCCCC1. The summed E-state index contributed by atoms with van der Waals surface area (Å²) >= 11 is 0. The lowest BCUT2D eigenvalue weighted by molar-refractivity contribution is -0.132. The topological polar surface area (TPSA) is 75.3 Å². The first-order valence-electron chi connectivity index (χ1n) is 7.57. The summed E-state index contributed by atoms with van der Waals surface area (Å²) < 4.78 is 0. The highest BCUT2D eigenvalue weighted by Crippen LogP contribution is 2.42. The molecular formula is C15H28N2O2. The van der Waals surface area contributed by atoms with Crippen LogP contribution >= 0.6 is 0 Å². The Balaban J connectivity index is 1.87. The molecule has 0 spiro atoms. The summed E-state index contributed by atoms with van der Waals surface area (Å²) in [6, 6.07) is 0.105. The average molecular weight is 268 g/mol.